The van der Waals surface area contributed by atoms with Gasteiger partial charge in [-0.2, -0.15) is 0 Å². The third-order valence-electron chi connectivity index (χ3n) is 1.99. The van der Waals surface area contributed by atoms with Gasteiger partial charge >= 0.3 is 0 Å². The molecule has 0 unspecified atom stereocenters. The number of Topliss-reactive ketones (excluding diaryl/α,β-unsaturated/α-hetero) is 1. The van der Waals surface area contributed by atoms with Crippen molar-refractivity contribution in [3.8, 4) is 0 Å². The van der Waals surface area contributed by atoms with Crippen LogP contribution < -0.4 is 0 Å². The Hall–Kier alpha value is 0.0200. The van der Waals surface area contributed by atoms with Gasteiger partial charge in [0.1, 0.15) is 11.5 Å². The molecule has 0 aliphatic rings. The number of ketones is 1. The van der Waals surface area contributed by atoms with E-state index < -0.39 is 0 Å². The first-order chi connectivity index (χ1) is 5.74. The smallest absolute Gasteiger partial charge is 0.181 e. The zero-order valence-corrected chi connectivity index (χ0v) is 9.38. The maximum Gasteiger partial charge on any atom is 0.181 e. The summed E-state index contributed by atoms with van der Waals surface area (Å²) in [5.41, 5.74) is 0. The van der Waals surface area contributed by atoms with Gasteiger partial charge in [-0.1, -0.05) is 13.3 Å². The third kappa shape index (κ3) is 5.64. The lowest BCUT2D eigenvalue weighted by Gasteiger charge is -2.02. The fourth-order valence-electron chi connectivity index (χ4n) is 1.08. The van der Waals surface area contributed by atoms with Gasteiger partial charge in [0.15, 0.2) is 11.5 Å². The second-order valence-electron chi connectivity index (χ2n) is 2.98. The van der Waals surface area contributed by atoms with E-state index in [0.717, 1.165) is 25.0 Å². The molecule has 0 amide bonds. The Labute approximate surface area is 79.3 Å². The molecule has 2 heteroatoms. The number of carbonyl (C=O) groups is 1. The summed E-state index contributed by atoms with van der Waals surface area (Å²) in [6.07, 6.45) is 3.02. The zero-order valence-electron chi connectivity index (χ0n) is 8.56. The van der Waals surface area contributed by atoms with Crippen LogP contribution in [0.5, 0.6) is 0 Å². The fourth-order valence-corrected chi connectivity index (χ4v) is 2.50. The second-order valence-corrected chi connectivity index (χ2v) is 5.64. The molecular weight excluding hydrogens is 168 g/mol. The van der Waals surface area contributed by atoms with E-state index in [1.165, 1.54) is 11.5 Å². The topological polar surface area (TPSA) is 17.1 Å². The summed E-state index contributed by atoms with van der Waals surface area (Å²) >= 11 is 0. The van der Waals surface area contributed by atoms with Gasteiger partial charge in [0.25, 0.3) is 0 Å². The van der Waals surface area contributed by atoms with E-state index in [1.807, 2.05) is 0 Å². The molecule has 72 valence electrons. The molecule has 0 aromatic heterocycles. The van der Waals surface area contributed by atoms with Crippen molar-refractivity contribution in [1.82, 2.24) is 0 Å². The van der Waals surface area contributed by atoms with Crippen LogP contribution in [-0.4, -0.2) is 23.0 Å². The third-order valence-corrected chi connectivity index (χ3v) is 4.35. The number of hydrogen-bond acceptors (Lipinski definition) is 1. The van der Waals surface area contributed by atoms with E-state index in [9.17, 15) is 4.79 Å². The number of hydrogen-bond donors (Lipinski definition) is 0. The van der Waals surface area contributed by atoms with Crippen LogP contribution in [0.3, 0.4) is 0 Å². The van der Waals surface area contributed by atoms with Gasteiger partial charge in [-0.05, 0) is 31.2 Å². The number of unbranched alkanes of at least 4 members (excludes halogenated alkanes) is 1. The SMILES string of the molecule is CCCCC(=O)C[S+](CC)CC. The van der Waals surface area contributed by atoms with Crippen LogP contribution in [0.4, 0.5) is 0 Å². The van der Waals surface area contributed by atoms with Gasteiger partial charge in [0.05, 0.1) is 0 Å². The monoisotopic (exact) mass is 189 g/mol. The molecule has 0 saturated carbocycles. The average molecular weight is 189 g/mol. The Morgan fingerprint density at radius 3 is 2.17 bits per heavy atom. The van der Waals surface area contributed by atoms with Gasteiger partial charge in [-0.15, -0.1) is 0 Å². The molecule has 0 fully saturated rings. The Balaban J connectivity index is 3.52. The van der Waals surface area contributed by atoms with Gasteiger partial charge in [-0.3, -0.25) is 4.79 Å². The van der Waals surface area contributed by atoms with Crippen molar-refractivity contribution in [1.29, 1.82) is 0 Å². The van der Waals surface area contributed by atoms with E-state index in [-0.39, 0.29) is 0 Å². The summed E-state index contributed by atoms with van der Waals surface area (Å²) in [6.45, 7) is 6.49. The largest absolute Gasteiger partial charge is 0.294 e. The molecule has 0 rings (SSSR count). The minimum atomic E-state index is 0.378. The standard InChI is InChI=1S/C10H21OS/c1-4-7-8-10(11)9-12(5-2)6-3/h4-9H2,1-3H3/q+1. The molecule has 12 heavy (non-hydrogen) atoms. The molecule has 0 saturated heterocycles. The van der Waals surface area contributed by atoms with E-state index in [1.54, 1.807) is 0 Å². The summed E-state index contributed by atoms with van der Waals surface area (Å²) in [5, 5.41) is 0. The van der Waals surface area contributed by atoms with Gasteiger partial charge in [-0.25, -0.2) is 0 Å². The molecule has 0 radical (unpaired) electrons. The second kappa shape index (κ2) is 7.66. The first-order valence-corrected chi connectivity index (χ1v) is 6.63. The van der Waals surface area contributed by atoms with Gasteiger partial charge < -0.3 is 0 Å². The van der Waals surface area contributed by atoms with Crippen LogP contribution in [0, 0.1) is 0 Å². The highest BCUT2D eigenvalue weighted by atomic mass is 32.2. The average Bonchev–Trinajstić information content (AvgIpc) is 2.10. The Bertz CT molecular complexity index is 119. The van der Waals surface area contributed by atoms with Crippen molar-refractivity contribution in [3.05, 3.63) is 0 Å². The quantitative estimate of drug-likeness (QED) is 0.562. The van der Waals surface area contributed by atoms with Crippen LogP contribution in [-0.2, 0) is 15.7 Å². The number of rotatable bonds is 7. The summed E-state index contributed by atoms with van der Waals surface area (Å²) in [5.74, 6) is 3.67. The maximum absolute atomic E-state index is 11.3. The van der Waals surface area contributed by atoms with Crippen molar-refractivity contribution >= 4 is 16.7 Å². The molecule has 0 atom stereocenters. The van der Waals surface area contributed by atoms with Crippen molar-refractivity contribution in [2.45, 2.75) is 40.0 Å². The lowest BCUT2D eigenvalue weighted by atomic mass is 10.2. The van der Waals surface area contributed by atoms with Crippen LogP contribution in [0.1, 0.15) is 40.0 Å². The van der Waals surface area contributed by atoms with Crippen molar-refractivity contribution in [2.75, 3.05) is 17.3 Å². The molecular formula is C10H21OS+. The molecule has 1 nitrogen and oxygen atoms in total. The van der Waals surface area contributed by atoms with Crippen LogP contribution in [0.25, 0.3) is 0 Å². The first-order valence-electron chi connectivity index (χ1n) is 4.90. The molecule has 0 spiro atoms. The normalized spacial score (nSPS) is 10.7. The molecule has 0 aromatic rings. The minimum absolute atomic E-state index is 0.378. The van der Waals surface area contributed by atoms with Crippen LogP contribution >= 0.6 is 0 Å². The highest BCUT2D eigenvalue weighted by Crippen LogP contribution is 2.01. The Morgan fingerprint density at radius 2 is 1.75 bits per heavy atom. The molecule has 0 heterocycles. The molecule has 0 aliphatic carbocycles. The fraction of sp³-hybridized carbons (Fsp3) is 0.900. The summed E-state index contributed by atoms with van der Waals surface area (Å²) in [4.78, 5) is 11.3. The van der Waals surface area contributed by atoms with E-state index in [2.05, 4.69) is 20.8 Å². The maximum atomic E-state index is 11.3. The number of carbonyl (C=O) groups excluding carboxylic acids is 1. The van der Waals surface area contributed by atoms with E-state index in [0.29, 0.717) is 16.7 Å². The lowest BCUT2D eigenvalue weighted by molar-refractivity contribution is -0.116. The lowest BCUT2D eigenvalue weighted by Crippen LogP contribution is -2.19. The van der Waals surface area contributed by atoms with Crippen LogP contribution in [0.2, 0.25) is 0 Å². The molecule has 0 bridgehead atoms. The predicted molar refractivity (Wildman–Crippen MR) is 57.8 cm³/mol. The minimum Gasteiger partial charge on any atom is -0.294 e. The Kier molecular flexibility index (Phi) is 7.67. The van der Waals surface area contributed by atoms with Crippen LogP contribution in [0.15, 0.2) is 0 Å². The Morgan fingerprint density at radius 1 is 1.17 bits per heavy atom. The van der Waals surface area contributed by atoms with Crippen molar-refractivity contribution in [3.63, 3.8) is 0 Å². The van der Waals surface area contributed by atoms with Gasteiger partial charge in [0, 0.05) is 6.42 Å². The zero-order chi connectivity index (χ0) is 9.40. The highest BCUT2D eigenvalue weighted by Gasteiger charge is 2.16. The van der Waals surface area contributed by atoms with E-state index >= 15 is 0 Å². The summed E-state index contributed by atoms with van der Waals surface area (Å²) in [6, 6.07) is 0. The predicted octanol–water partition coefficient (Wildman–Crippen LogP) is 2.40. The van der Waals surface area contributed by atoms with Crippen molar-refractivity contribution < 1.29 is 4.79 Å². The van der Waals surface area contributed by atoms with Crippen molar-refractivity contribution in [2.24, 2.45) is 0 Å². The van der Waals surface area contributed by atoms with Gasteiger partial charge in [0.2, 0.25) is 0 Å². The highest BCUT2D eigenvalue weighted by molar-refractivity contribution is 7.97. The first kappa shape index (κ1) is 12.0. The molecule has 0 aliphatic heterocycles. The molecule has 0 N–H and O–H groups in total. The summed E-state index contributed by atoms with van der Waals surface area (Å²) < 4.78 is 0. The summed E-state index contributed by atoms with van der Waals surface area (Å²) in [7, 11) is 0.378. The van der Waals surface area contributed by atoms with E-state index in [4.69, 9.17) is 0 Å². The molecule has 0 aromatic carbocycles.